The molecule has 0 fully saturated rings. The summed E-state index contributed by atoms with van der Waals surface area (Å²) in [4.78, 5) is 5.70. The third kappa shape index (κ3) is 5.78. The average Bonchev–Trinajstić information content (AvgIpc) is 2.50. The number of ether oxygens (including phenoxy) is 1. The molecule has 0 amide bonds. The van der Waals surface area contributed by atoms with Gasteiger partial charge in [-0.15, -0.1) is 0 Å². The minimum atomic E-state index is -10.6. The van der Waals surface area contributed by atoms with Crippen LogP contribution in [0.5, 0.6) is 11.5 Å². The number of benzene rings is 2. The Balaban J connectivity index is 2.80. The lowest BCUT2D eigenvalue weighted by Gasteiger charge is -2.41. The van der Waals surface area contributed by atoms with E-state index in [2.05, 4.69) is 0 Å². The van der Waals surface area contributed by atoms with Crippen LogP contribution in [0.4, 0.5) is 19.4 Å². The molecule has 0 saturated carbocycles. The molecule has 1 N–H and O–H groups in total. The molecule has 0 heterocycles. The third-order valence-electron chi connectivity index (χ3n) is 3.74. The largest absolute Gasteiger partial charge is 0.478 e. The number of hydrogen-bond acceptors (Lipinski definition) is 6. The molecule has 0 atom stereocenters. The van der Waals surface area contributed by atoms with Crippen LogP contribution < -0.4 is 4.74 Å². The number of sulfone groups is 1. The highest BCUT2D eigenvalue weighted by Crippen LogP contribution is 3.02. The molecule has 0 aliphatic heterocycles. The summed E-state index contributed by atoms with van der Waals surface area (Å²) in [5.74, 6) is -3.17. The zero-order valence-corrected chi connectivity index (χ0v) is 18.5. The summed E-state index contributed by atoms with van der Waals surface area (Å²) in [6.45, 7) is 1.23. The second kappa shape index (κ2) is 6.70. The first-order valence-corrected chi connectivity index (χ1v) is 13.7. The van der Waals surface area contributed by atoms with Gasteiger partial charge in [-0.25, -0.2) is 21.6 Å². The van der Waals surface area contributed by atoms with Crippen LogP contribution in [0.15, 0.2) is 45.0 Å². The third-order valence-corrected chi connectivity index (χ3v) is 7.54. The fourth-order valence-corrected chi connectivity index (χ4v) is 5.90. The highest BCUT2D eigenvalue weighted by molar-refractivity contribution is 8.46. The molecule has 0 radical (unpaired) electrons. The van der Waals surface area contributed by atoms with Crippen LogP contribution in [0.1, 0.15) is 15.9 Å². The second-order valence-corrected chi connectivity index (χ2v) is 13.2. The minimum absolute atomic E-state index is 0.0530. The van der Waals surface area contributed by atoms with Gasteiger partial charge in [-0.2, -0.15) is 0 Å². The Labute approximate surface area is 177 Å². The van der Waals surface area contributed by atoms with Crippen LogP contribution in [-0.4, -0.2) is 34.2 Å². The molecule has 2 rings (SSSR count). The summed E-state index contributed by atoms with van der Waals surface area (Å²) in [5, 5.41) is 9.12. The van der Waals surface area contributed by atoms with Gasteiger partial charge in [0.15, 0.2) is 9.84 Å². The van der Waals surface area contributed by atoms with Gasteiger partial charge in [-0.05, 0) is 36.8 Å². The van der Waals surface area contributed by atoms with Crippen LogP contribution >= 0.6 is 20.9 Å². The Morgan fingerprint density at radius 1 is 1.00 bits per heavy atom. The molecule has 2 aromatic rings. The molecule has 0 aromatic heterocycles. The normalized spacial score (nSPS) is 15.1. The van der Waals surface area contributed by atoms with Gasteiger partial charge in [-0.1, -0.05) is 19.4 Å². The standard InChI is InChI=1S/C15H12ClF5O7S3/c1-8-5-11(13(29(2,24)25)7-10(8)15(22)23)28-9-3-4-12(30(16,26)27)14(6-9)31(17,18,19,20)21/h3-7H,1-2H3,(H,22,23). The van der Waals surface area contributed by atoms with Gasteiger partial charge in [0.1, 0.15) is 26.2 Å². The quantitative estimate of drug-likeness (QED) is 0.389. The number of aromatic carboxylic acids is 1. The predicted molar refractivity (Wildman–Crippen MR) is 102 cm³/mol. The second-order valence-electron chi connectivity index (χ2n) is 6.31. The summed E-state index contributed by atoms with van der Waals surface area (Å²) in [6.07, 6.45) is 0.652. The lowest BCUT2D eigenvalue weighted by atomic mass is 10.1. The number of aryl methyl sites for hydroxylation is 1. The number of hydrogen-bond donors (Lipinski definition) is 1. The van der Waals surface area contributed by atoms with Gasteiger partial charge in [0.05, 0.1) is 5.56 Å². The molecule has 0 aliphatic carbocycles. The van der Waals surface area contributed by atoms with E-state index in [1.54, 1.807) is 0 Å². The Morgan fingerprint density at radius 3 is 1.97 bits per heavy atom. The van der Waals surface area contributed by atoms with Crippen molar-refractivity contribution in [2.24, 2.45) is 0 Å². The van der Waals surface area contributed by atoms with E-state index in [4.69, 9.17) is 20.5 Å². The highest BCUT2D eigenvalue weighted by Gasteiger charge is 2.67. The predicted octanol–water partition coefficient (Wildman–Crippen LogP) is 5.47. The van der Waals surface area contributed by atoms with Gasteiger partial charge < -0.3 is 9.84 Å². The minimum Gasteiger partial charge on any atom is -0.478 e. The van der Waals surface area contributed by atoms with E-state index < -0.39 is 66.8 Å². The number of carboxylic acids is 1. The summed E-state index contributed by atoms with van der Waals surface area (Å²) in [5.41, 5.74) is -0.508. The van der Waals surface area contributed by atoms with Crippen LogP contribution in [0.3, 0.4) is 0 Å². The van der Waals surface area contributed by atoms with E-state index in [1.807, 2.05) is 0 Å². The Bertz CT molecular complexity index is 1320. The fourth-order valence-electron chi connectivity index (χ4n) is 2.44. The molecule has 2 aromatic carbocycles. The molecule has 31 heavy (non-hydrogen) atoms. The van der Waals surface area contributed by atoms with E-state index in [1.165, 1.54) is 6.92 Å². The van der Waals surface area contributed by atoms with E-state index in [-0.39, 0.29) is 17.7 Å². The Hall–Kier alpha value is -2.10. The first kappa shape index (κ1) is 25.2. The van der Waals surface area contributed by atoms with Crippen LogP contribution in [0.25, 0.3) is 0 Å². The van der Waals surface area contributed by atoms with E-state index in [0.29, 0.717) is 18.4 Å². The number of halogens is 6. The first-order chi connectivity index (χ1) is 13.5. The van der Waals surface area contributed by atoms with Crippen molar-refractivity contribution < 1.29 is 50.9 Å². The van der Waals surface area contributed by atoms with Crippen molar-refractivity contribution in [3.63, 3.8) is 0 Å². The topological polar surface area (TPSA) is 115 Å². The van der Waals surface area contributed by atoms with E-state index >= 15 is 0 Å². The van der Waals surface area contributed by atoms with E-state index in [9.17, 15) is 41.1 Å². The fraction of sp³-hybridized carbons (Fsp3) is 0.133. The monoisotopic (exact) mass is 530 g/mol. The lowest BCUT2D eigenvalue weighted by Crippen LogP contribution is -2.11. The summed E-state index contributed by atoms with van der Waals surface area (Å²) in [6, 6.07) is 1.90. The molecule has 0 unspecified atom stereocenters. The van der Waals surface area contributed by atoms with Crippen molar-refractivity contribution in [1.29, 1.82) is 0 Å². The average molecular weight is 531 g/mol. The maximum absolute atomic E-state index is 13.4. The molecule has 0 saturated heterocycles. The number of carbonyl (C=O) groups is 1. The number of rotatable bonds is 6. The summed E-state index contributed by atoms with van der Waals surface area (Å²) >= 11 is 0. The van der Waals surface area contributed by atoms with Crippen molar-refractivity contribution in [3.05, 3.63) is 41.5 Å². The van der Waals surface area contributed by atoms with Gasteiger partial charge in [0, 0.05) is 23.0 Å². The van der Waals surface area contributed by atoms with Crippen molar-refractivity contribution in [2.75, 3.05) is 6.26 Å². The van der Waals surface area contributed by atoms with Crippen molar-refractivity contribution >= 4 is 45.8 Å². The van der Waals surface area contributed by atoms with Crippen LogP contribution in [0.2, 0.25) is 0 Å². The molecule has 7 nitrogen and oxygen atoms in total. The maximum Gasteiger partial charge on any atom is 0.335 e. The molecule has 0 bridgehead atoms. The molecule has 16 heteroatoms. The molecule has 0 aliphatic rings. The first-order valence-electron chi connectivity index (χ1n) is 7.59. The SMILES string of the molecule is Cc1cc(Oc2ccc(S(=O)(=O)Cl)c(S(F)(F)(F)(F)F)c2)c(S(C)(=O)=O)cc1C(=O)O. The van der Waals surface area contributed by atoms with Gasteiger partial charge in [-0.3, -0.25) is 0 Å². The zero-order valence-electron chi connectivity index (χ0n) is 15.3. The van der Waals surface area contributed by atoms with Crippen LogP contribution in [0, 0.1) is 6.92 Å². The van der Waals surface area contributed by atoms with Crippen molar-refractivity contribution in [1.82, 2.24) is 0 Å². The smallest absolute Gasteiger partial charge is 0.335 e. The highest BCUT2D eigenvalue weighted by atomic mass is 35.7. The number of carboxylic acid groups (broad SMARTS) is 1. The van der Waals surface area contributed by atoms with Gasteiger partial charge in [0.25, 0.3) is 9.05 Å². The molecule has 0 spiro atoms. The van der Waals surface area contributed by atoms with Crippen molar-refractivity contribution in [3.8, 4) is 11.5 Å². The molecular weight excluding hydrogens is 519 g/mol. The lowest BCUT2D eigenvalue weighted by molar-refractivity contribution is 0.0695. The van der Waals surface area contributed by atoms with Gasteiger partial charge >= 0.3 is 16.2 Å². The maximum atomic E-state index is 13.4. The van der Waals surface area contributed by atoms with Crippen molar-refractivity contribution in [2.45, 2.75) is 21.6 Å². The molecular formula is C15H12ClF5O7S3. The Morgan fingerprint density at radius 2 is 1.55 bits per heavy atom. The molecule has 174 valence electrons. The summed E-state index contributed by atoms with van der Waals surface area (Å²) < 4.78 is 119. The van der Waals surface area contributed by atoms with E-state index in [0.717, 1.165) is 6.07 Å². The zero-order chi connectivity index (χ0) is 24.3. The Kier molecular flexibility index (Phi) is 5.44. The van der Waals surface area contributed by atoms with Gasteiger partial charge in [0.2, 0.25) is 0 Å². The summed E-state index contributed by atoms with van der Waals surface area (Å²) in [7, 11) is -15.2. The van der Waals surface area contributed by atoms with Crippen LogP contribution in [-0.2, 0) is 18.9 Å².